The van der Waals surface area contributed by atoms with E-state index < -0.39 is 0 Å². The van der Waals surface area contributed by atoms with Crippen LogP contribution in [-0.4, -0.2) is 15.0 Å². The Morgan fingerprint density at radius 3 is 2.50 bits per heavy atom. The molecule has 0 bridgehead atoms. The first-order valence-corrected chi connectivity index (χ1v) is 6.31. The van der Waals surface area contributed by atoms with Crippen LogP contribution in [0.5, 0.6) is 5.88 Å². The van der Waals surface area contributed by atoms with E-state index in [0.29, 0.717) is 12.5 Å². The maximum absolute atomic E-state index is 5.69. The molecular formula is C16H13N3O. The van der Waals surface area contributed by atoms with E-state index in [9.17, 15) is 0 Å². The molecule has 4 nitrogen and oxygen atoms in total. The van der Waals surface area contributed by atoms with Gasteiger partial charge >= 0.3 is 0 Å². The summed E-state index contributed by atoms with van der Waals surface area (Å²) in [4.78, 5) is 12.4. The summed E-state index contributed by atoms with van der Waals surface area (Å²) in [7, 11) is 0. The van der Waals surface area contributed by atoms with Gasteiger partial charge in [0.15, 0.2) is 0 Å². The third kappa shape index (κ3) is 2.98. The standard InChI is InChI=1S/C16H13N3O/c1-2-4-13(5-3-1)11-20-16-10-15(18-12-19-16)14-6-8-17-9-7-14/h1-10,12H,11H2. The Kier molecular flexibility index (Phi) is 3.64. The molecule has 3 rings (SSSR count). The Balaban J connectivity index is 1.75. The van der Waals surface area contributed by atoms with Crippen LogP contribution in [0.15, 0.2) is 67.3 Å². The van der Waals surface area contributed by atoms with Crippen molar-refractivity contribution in [2.24, 2.45) is 0 Å². The van der Waals surface area contributed by atoms with Crippen LogP contribution in [0.25, 0.3) is 11.3 Å². The average molecular weight is 263 g/mol. The van der Waals surface area contributed by atoms with E-state index in [-0.39, 0.29) is 0 Å². The number of hydrogen-bond acceptors (Lipinski definition) is 4. The van der Waals surface area contributed by atoms with Crippen LogP contribution in [0.1, 0.15) is 5.56 Å². The first-order valence-electron chi connectivity index (χ1n) is 6.31. The van der Waals surface area contributed by atoms with Crippen molar-refractivity contribution in [1.29, 1.82) is 0 Å². The maximum Gasteiger partial charge on any atom is 0.217 e. The lowest BCUT2D eigenvalue weighted by molar-refractivity contribution is 0.293. The smallest absolute Gasteiger partial charge is 0.217 e. The van der Waals surface area contributed by atoms with Crippen LogP contribution in [0.2, 0.25) is 0 Å². The Morgan fingerprint density at radius 2 is 1.70 bits per heavy atom. The predicted octanol–water partition coefficient (Wildman–Crippen LogP) is 3.12. The summed E-state index contributed by atoms with van der Waals surface area (Å²) >= 11 is 0. The predicted molar refractivity (Wildman–Crippen MR) is 76.0 cm³/mol. The summed E-state index contributed by atoms with van der Waals surface area (Å²) in [5.74, 6) is 0.565. The molecule has 0 fully saturated rings. The van der Waals surface area contributed by atoms with Crippen molar-refractivity contribution in [1.82, 2.24) is 15.0 Å². The zero-order chi connectivity index (χ0) is 13.6. The number of rotatable bonds is 4. The van der Waals surface area contributed by atoms with Crippen LogP contribution in [0.4, 0.5) is 0 Å². The van der Waals surface area contributed by atoms with Gasteiger partial charge in [0.25, 0.3) is 0 Å². The lowest BCUT2D eigenvalue weighted by Gasteiger charge is -2.06. The van der Waals surface area contributed by atoms with E-state index in [2.05, 4.69) is 15.0 Å². The van der Waals surface area contributed by atoms with Crippen molar-refractivity contribution >= 4 is 0 Å². The SMILES string of the molecule is c1ccc(COc2cc(-c3ccncc3)ncn2)cc1. The van der Waals surface area contributed by atoms with Crippen molar-refractivity contribution in [3.05, 3.63) is 72.8 Å². The summed E-state index contributed by atoms with van der Waals surface area (Å²) in [6, 6.07) is 15.6. The van der Waals surface area contributed by atoms with Crippen molar-refractivity contribution in [3.8, 4) is 17.1 Å². The Labute approximate surface area is 117 Å². The number of hydrogen-bond donors (Lipinski definition) is 0. The van der Waals surface area contributed by atoms with Gasteiger partial charge < -0.3 is 4.74 Å². The minimum Gasteiger partial charge on any atom is -0.473 e. The topological polar surface area (TPSA) is 47.9 Å². The largest absolute Gasteiger partial charge is 0.473 e. The fourth-order valence-corrected chi connectivity index (χ4v) is 1.83. The zero-order valence-corrected chi connectivity index (χ0v) is 10.8. The maximum atomic E-state index is 5.69. The third-order valence-electron chi connectivity index (χ3n) is 2.85. The van der Waals surface area contributed by atoms with Crippen molar-refractivity contribution in [3.63, 3.8) is 0 Å². The normalized spacial score (nSPS) is 10.2. The van der Waals surface area contributed by atoms with E-state index in [4.69, 9.17) is 4.74 Å². The molecule has 0 aliphatic rings. The molecule has 0 amide bonds. The van der Waals surface area contributed by atoms with Crippen LogP contribution < -0.4 is 4.74 Å². The van der Waals surface area contributed by atoms with E-state index in [0.717, 1.165) is 16.8 Å². The van der Waals surface area contributed by atoms with Crippen molar-refractivity contribution in [2.75, 3.05) is 0 Å². The molecule has 0 aliphatic carbocycles. The highest BCUT2D eigenvalue weighted by atomic mass is 16.5. The second-order valence-corrected chi connectivity index (χ2v) is 4.25. The monoisotopic (exact) mass is 263 g/mol. The summed E-state index contributed by atoms with van der Waals surface area (Å²) in [6.07, 6.45) is 4.99. The highest BCUT2D eigenvalue weighted by Gasteiger charge is 2.02. The number of ether oxygens (including phenoxy) is 1. The molecule has 0 saturated heterocycles. The first kappa shape index (κ1) is 12.3. The Hall–Kier alpha value is -2.75. The van der Waals surface area contributed by atoms with E-state index >= 15 is 0 Å². The van der Waals surface area contributed by atoms with Crippen molar-refractivity contribution in [2.45, 2.75) is 6.61 Å². The van der Waals surface area contributed by atoms with Crippen molar-refractivity contribution < 1.29 is 4.74 Å². The Morgan fingerprint density at radius 1 is 0.900 bits per heavy atom. The fourth-order valence-electron chi connectivity index (χ4n) is 1.83. The third-order valence-corrected chi connectivity index (χ3v) is 2.85. The highest BCUT2D eigenvalue weighted by Crippen LogP contribution is 2.19. The minimum absolute atomic E-state index is 0.494. The lowest BCUT2D eigenvalue weighted by atomic mass is 10.2. The van der Waals surface area contributed by atoms with Gasteiger partial charge in [0.1, 0.15) is 12.9 Å². The van der Waals surface area contributed by atoms with Gasteiger partial charge in [-0.2, -0.15) is 0 Å². The molecule has 1 aromatic carbocycles. The molecule has 0 atom stereocenters. The molecule has 0 radical (unpaired) electrons. The van der Waals surface area contributed by atoms with Gasteiger partial charge in [-0.3, -0.25) is 4.98 Å². The lowest BCUT2D eigenvalue weighted by Crippen LogP contribution is -1.98. The van der Waals surface area contributed by atoms with Gasteiger partial charge in [-0.15, -0.1) is 0 Å². The summed E-state index contributed by atoms with van der Waals surface area (Å²) < 4.78 is 5.69. The zero-order valence-electron chi connectivity index (χ0n) is 10.8. The molecule has 20 heavy (non-hydrogen) atoms. The molecule has 0 unspecified atom stereocenters. The number of nitrogens with zero attached hydrogens (tertiary/aromatic N) is 3. The molecule has 2 heterocycles. The molecule has 4 heteroatoms. The summed E-state index contributed by atoms with van der Waals surface area (Å²) in [5.41, 5.74) is 2.92. The molecule has 98 valence electrons. The van der Waals surface area contributed by atoms with Crippen LogP contribution in [0.3, 0.4) is 0 Å². The molecule has 0 aliphatic heterocycles. The van der Waals surface area contributed by atoms with E-state index in [1.165, 1.54) is 6.33 Å². The number of aromatic nitrogens is 3. The molecule has 2 aromatic heterocycles. The second kappa shape index (κ2) is 5.93. The van der Waals surface area contributed by atoms with E-state index in [1.807, 2.05) is 48.5 Å². The quantitative estimate of drug-likeness (QED) is 0.725. The van der Waals surface area contributed by atoms with Crippen LogP contribution in [-0.2, 0) is 6.61 Å². The van der Waals surface area contributed by atoms with Gasteiger partial charge in [0.2, 0.25) is 5.88 Å². The second-order valence-electron chi connectivity index (χ2n) is 4.25. The summed E-state index contributed by atoms with van der Waals surface area (Å²) in [5, 5.41) is 0. The summed E-state index contributed by atoms with van der Waals surface area (Å²) in [6.45, 7) is 0.494. The van der Waals surface area contributed by atoms with Gasteiger partial charge in [-0.1, -0.05) is 30.3 Å². The molecule has 0 N–H and O–H groups in total. The Bertz CT molecular complexity index is 672. The highest BCUT2D eigenvalue weighted by molar-refractivity contribution is 5.58. The van der Waals surface area contributed by atoms with Gasteiger partial charge in [0.05, 0.1) is 5.69 Å². The van der Waals surface area contributed by atoms with E-state index in [1.54, 1.807) is 12.4 Å². The fraction of sp³-hybridized carbons (Fsp3) is 0.0625. The van der Waals surface area contributed by atoms with Gasteiger partial charge in [-0.25, -0.2) is 9.97 Å². The average Bonchev–Trinajstić information content (AvgIpc) is 2.55. The first-order chi connectivity index (χ1) is 9.92. The number of pyridine rings is 1. The molecule has 0 saturated carbocycles. The molecule has 3 aromatic rings. The van der Waals surface area contributed by atoms with Crippen LogP contribution in [0, 0.1) is 0 Å². The number of benzene rings is 1. The molecule has 0 spiro atoms. The van der Waals surface area contributed by atoms with Gasteiger partial charge in [0, 0.05) is 24.0 Å². The minimum atomic E-state index is 0.494. The van der Waals surface area contributed by atoms with Gasteiger partial charge in [-0.05, 0) is 17.7 Å². The van der Waals surface area contributed by atoms with Crippen LogP contribution >= 0.6 is 0 Å². The molecular weight excluding hydrogens is 250 g/mol.